The van der Waals surface area contributed by atoms with Gasteiger partial charge in [0, 0.05) is 18.9 Å². The molecule has 0 amide bonds. The van der Waals surface area contributed by atoms with Gasteiger partial charge in [-0.25, -0.2) is 14.3 Å². The number of hydrogen-bond acceptors (Lipinski definition) is 5. The Kier molecular flexibility index (Phi) is 4.44. The maximum absolute atomic E-state index is 12.0. The zero-order valence-corrected chi connectivity index (χ0v) is 14.9. The highest BCUT2D eigenvalue weighted by atomic mass is 16.6. The van der Waals surface area contributed by atoms with E-state index in [2.05, 4.69) is 15.4 Å². The summed E-state index contributed by atoms with van der Waals surface area (Å²) >= 11 is 0. The molecule has 0 aliphatic carbocycles. The van der Waals surface area contributed by atoms with Gasteiger partial charge in [-0.1, -0.05) is 12.1 Å². The van der Waals surface area contributed by atoms with Crippen molar-refractivity contribution in [1.82, 2.24) is 14.6 Å². The molecule has 0 saturated heterocycles. The average molecular weight is 338 g/mol. The number of anilines is 1. The number of aryl methyl sites for hydroxylation is 1. The summed E-state index contributed by atoms with van der Waals surface area (Å²) in [6.07, 6.45) is 3.54. The topological polar surface area (TPSA) is 68.5 Å². The smallest absolute Gasteiger partial charge is 0.338 e. The largest absolute Gasteiger partial charge is 0.456 e. The van der Waals surface area contributed by atoms with Gasteiger partial charge in [0.2, 0.25) is 0 Å². The third kappa shape index (κ3) is 4.15. The minimum atomic E-state index is -0.495. The Morgan fingerprint density at radius 2 is 1.96 bits per heavy atom. The zero-order valence-electron chi connectivity index (χ0n) is 14.9. The molecular formula is C19H22N4O2. The van der Waals surface area contributed by atoms with E-state index in [1.165, 1.54) is 0 Å². The normalized spacial score (nSPS) is 11.5. The molecule has 3 aromatic rings. The third-order valence-electron chi connectivity index (χ3n) is 3.56. The Bertz CT molecular complexity index is 892. The number of rotatable bonds is 4. The number of carbonyl (C=O) groups is 1. The number of esters is 1. The Morgan fingerprint density at radius 1 is 1.24 bits per heavy atom. The van der Waals surface area contributed by atoms with Crippen LogP contribution in [0.3, 0.4) is 0 Å². The lowest BCUT2D eigenvalue weighted by Crippen LogP contribution is -2.23. The van der Waals surface area contributed by atoms with Crippen molar-refractivity contribution in [2.75, 3.05) is 5.32 Å². The fraction of sp³-hybridized carbons (Fsp3) is 0.316. The number of nitrogens with one attached hydrogen (secondary N) is 1. The Balaban J connectivity index is 1.68. The van der Waals surface area contributed by atoms with Gasteiger partial charge in [0.05, 0.1) is 11.3 Å². The van der Waals surface area contributed by atoms with E-state index < -0.39 is 5.60 Å². The zero-order chi connectivity index (χ0) is 18.0. The van der Waals surface area contributed by atoms with Crippen LogP contribution >= 0.6 is 0 Å². The van der Waals surface area contributed by atoms with Crippen LogP contribution in [0, 0.1) is 6.92 Å². The van der Waals surface area contributed by atoms with Gasteiger partial charge in [-0.2, -0.15) is 5.10 Å². The minimum Gasteiger partial charge on any atom is -0.456 e. The van der Waals surface area contributed by atoms with E-state index in [0.29, 0.717) is 12.1 Å². The summed E-state index contributed by atoms with van der Waals surface area (Å²) < 4.78 is 7.17. The molecule has 0 radical (unpaired) electrons. The highest BCUT2D eigenvalue weighted by Gasteiger charge is 2.17. The van der Waals surface area contributed by atoms with Crippen LogP contribution in [-0.2, 0) is 11.3 Å². The number of hydrogen-bond donors (Lipinski definition) is 1. The van der Waals surface area contributed by atoms with Crippen molar-refractivity contribution < 1.29 is 9.53 Å². The Morgan fingerprint density at radius 3 is 2.64 bits per heavy atom. The summed E-state index contributed by atoms with van der Waals surface area (Å²) in [5.41, 5.74) is 2.98. The molecule has 2 aromatic heterocycles. The summed E-state index contributed by atoms with van der Waals surface area (Å²) in [5, 5.41) is 7.69. The van der Waals surface area contributed by atoms with Gasteiger partial charge in [-0.15, -0.1) is 0 Å². The number of aromatic nitrogens is 3. The summed E-state index contributed by atoms with van der Waals surface area (Å²) in [6, 6.07) is 9.37. The predicted octanol–water partition coefficient (Wildman–Crippen LogP) is 3.61. The number of carbonyl (C=O) groups excluding carboxylic acids is 1. The average Bonchev–Trinajstić information content (AvgIpc) is 2.92. The molecule has 3 rings (SSSR count). The molecule has 0 bridgehead atoms. The molecule has 0 saturated carbocycles. The van der Waals surface area contributed by atoms with Crippen LogP contribution < -0.4 is 5.32 Å². The molecule has 1 aromatic carbocycles. The van der Waals surface area contributed by atoms with Crippen molar-refractivity contribution in [3.8, 4) is 0 Å². The van der Waals surface area contributed by atoms with Crippen LogP contribution in [0.25, 0.3) is 5.52 Å². The first-order chi connectivity index (χ1) is 11.8. The number of ether oxygens (including phenoxy) is 1. The fourth-order valence-electron chi connectivity index (χ4n) is 2.46. The molecule has 1 N–H and O–H groups in total. The van der Waals surface area contributed by atoms with Crippen molar-refractivity contribution in [2.45, 2.75) is 39.8 Å². The van der Waals surface area contributed by atoms with Crippen LogP contribution in [0.15, 0.2) is 42.7 Å². The highest BCUT2D eigenvalue weighted by molar-refractivity contribution is 5.89. The quantitative estimate of drug-likeness (QED) is 0.736. The summed E-state index contributed by atoms with van der Waals surface area (Å²) in [7, 11) is 0. The van der Waals surface area contributed by atoms with Gasteiger partial charge in [-0.3, -0.25) is 0 Å². The van der Waals surface area contributed by atoms with E-state index >= 15 is 0 Å². The van der Waals surface area contributed by atoms with Gasteiger partial charge in [0.1, 0.15) is 11.1 Å². The summed E-state index contributed by atoms with van der Waals surface area (Å²) in [4.78, 5) is 16.4. The molecule has 0 unspecified atom stereocenters. The lowest BCUT2D eigenvalue weighted by Gasteiger charge is -2.19. The molecular weight excluding hydrogens is 316 g/mol. The molecule has 0 fully saturated rings. The number of nitrogens with zero attached hydrogens (tertiary/aromatic N) is 3. The van der Waals surface area contributed by atoms with Crippen molar-refractivity contribution in [2.24, 2.45) is 0 Å². The second-order valence-corrected chi connectivity index (χ2v) is 6.94. The molecule has 6 nitrogen and oxygen atoms in total. The maximum atomic E-state index is 12.0. The third-order valence-corrected chi connectivity index (χ3v) is 3.56. The standard InChI is InChI=1S/C19H22N4O2/c1-13-11-16-17(20-9-10-23(16)22-13)21-12-14-5-7-15(8-6-14)18(24)25-19(2,3)4/h5-11H,12H2,1-4H3,(H,20,21). The van der Waals surface area contributed by atoms with Crippen molar-refractivity contribution in [3.05, 3.63) is 59.5 Å². The van der Waals surface area contributed by atoms with Crippen LogP contribution in [0.5, 0.6) is 0 Å². The highest BCUT2D eigenvalue weighted by Crippen LogP contribution is 2.17. The van der Waals surface area contributed by atoms with E-state index in [9.17, 15) is 4.79 Å². The van der Waals surface area contributed by atoms with E-state index in [4.69, 9.17) is 4.74 Å². The first kappa shape index (κ1) is 17.0. The number of benzene rings is 1. The minimum absolute atomic E-state index is 0.312. The molecule has 0 aliphatic heterocycles. The second-order valence-electron chi connectivity index (χ2n) is 6.94. The summed E-state index contributed by atoms with van der Waals surface area (Å²) in [6.45, 7) is 8.12. The van der Waals surface area contributed by atoms with Crippen molar-refractivity contribution >= 4 is 17.3 Å². The van der Waals surface area contributed by atoms with E-state index in [0.717, 1.165) is 22.6 Å². The lowest BCUT2D eigenvalue weighted by molar-refractivity contribution is 0.00695. The van der Waals surface area contributed by atoms with Crippen LogP contribution in [-0.4, -0.2) is 26.2 Å². The van der Waals surface area contributed by atoms with Crippen molar-refractivity contribution in [1.29, 1.82) is 0 Å². The SMILES string of the molecule is Cc1cc2c(NCc3ccc(C(=O)OC(C)(C)C)cc3)nccn2n1. The van der Waals surface area contributed by atoms with Gasteiger partial charge < -0.3 is 10.1 Å². The Labute approximate surface area is 146 Å². The van der Waals surface area contributed by atoms with Gasteiger partial charge in [0.15, 0.2) is 5.82 Å². The second kappa shape index (κ2) is 6.55. The van der Waals surface area contributed by atoms with E-state index in [-0.39, 0.29) is 5.97 Å². The van der Waals surface area contributed by atoms with Crippen LogP contribution in [0.4, 0.5) is 5.82 Å². The van der Waals surface area contributed by atoms with Crippen LogP contribution in [0.2, 0.25) is 0 Å². The number of fused-ring (bicyclic) bond motifs is 1. The van der Waals surface area contributed by atoms with E-state index in [1.54, 1.807) is 22.8 Å². The predicted molar refractivity (Wildman–Crippen MR) is 96.7 cm³/mol. The Hall–Kier alpha value is -2.89. The molecule has 2 heterocycles. The first-order valence-corrected chi connectivity index (χ1v) is 8.19. The van der Waals surface area contributed by atoms with Gasteiger partial charge in [-0.05, 0) is 51.5 Å². The molecule has 0 spiro atoms. The van der Waals surface area contributed by atoms with Crippen molar-refractivity contribution in [3.63, 3.8) is 0 Å². The molecule has 0 aliphatic rings. The lowest BCUT2D eigenvalue weighted by atomic mass is 10.1. The maximum Gasteiger partial charge on any atom is 0.338 e. The monoisotopic (exact) mass is 338 g/mol. The first-order valence-electron chi connectivity index (χ1n) is 8.19. The van der Waals surface area contributed by atoms with Crippen LogP contribution in [0.1, 0.15) is 42.4 Å². The fourth-order valence-corrected chi connectivity index (χ4v) is 2.46. The van der Waals surface area contributed by atoms with E-state index in [1.807, 2.05) is 52.1 Å². The molecule has 0 atom stereocenters. The molecule has 6 heteroatoms. The van der Waals surface area contributed by atoms with Gasteiger partial charge >= 0.3 is 5.97 Å². The van der Waals surface area contributed by atoms with Gasteiger partial charge in [0.25, 0.3) is 0 Å². The summed E-state index contributed by atoms with van der Waals surface area (Å²) in [5.74, 6) is 0.465. The molecule has 130 valence electrons. The molecule has 25 heavy (non-hydrogen) atoms.